The Kier molecular flexibility index (Phi) is 5.83. The van der Waals surface area contributed by atoms with Crippen LogP contribution in [-0.4, -0.2) is 34.2 Å². The van der Waals surface area contributed by atoms with Crippen LogP contribution in [0.4, 0.5) is 0 Å². The molecule has 0 bridgehead atoms. The lowest BCUT2D eigenvalue weighted by Crippen LogP contribution is -2.02. The van der Waals surface area contributed by atoms with Crippen molar-refractivity contribution >= 4 is 23.4 Å². The normalized spacial score (nSPS) is 10.7. The highest BCUT2D eigenvalue weighted by molar-refractivity contribution is 7.99. The highest BCUT2D eigenvalue weighted by Gasteiger charge is 2.13. The fraction of sp³-hybridized carbons (Fsp3) is 0.222. The van der Waals surface area contributed by atoms with E-state index in [2.05, 4.69) is 10.2 Å². The summed E-state index contributed by atoms with van der Waals surface area (Å²) >= 11 is 7.83. The zero-order valence-corrected chi connectivity index (χ0v) is 15.5. The predicted octanol–water partition coefficient (Wildman–Crippen LogP) is 4.32. The van der Waals surface area contributed by atoms with E-state index in [1.807, 2.05) is 60.1 Å². The number of hydrogen-bond donors (Lipinski definition) is 0. The molecule has 3 rings (SSSR count). The molecular formula is C18H18ClN3O2S. The van der Waals surface area contributed by atoms with Crippen molar-refractivity contribution < 1.29 is 9.47 Å². The average Bonchev–Trinajstić information content (AvgIpc) is 3.00. The molecule has 0 atom stereocenters. The molecule has 0 N–H and O–H groups in total. The second-order valence-corrected chi connectivity index (χ2v) is 6.69. The second-order valence-electron chi connectivity index (χ2n) is 5.22. The largest absolute Gasteiger partial charge is 0.497 e. The van der Waals surface area contributed by atoms with E-state index < -0.39 is 0 Å². The molecule has 25 heavy (non-hydrogen) atoms. The maximum absolute atomic E-state index is 6.24. The van der Waals surface area contributed by atoms with Crippen LogP contribution in [0.1, 0.15) is 0 Å². The Bertz CT molecular complexity index is 837. The van der Waals surface area contributed by atoms with Crippen LogP contribution in [0.5, 0.6) is 11.5 Å². The van der Waals surface area contributed by atoms with E-state index in [4.69, 9.17) is 21.1 Å². The molecule has 3 aromatic rings. The number of benzene rings is 2. The van der Waals surface area contributed by atoms with Gasteiger partial charge in [0.05, 0.1) is 18.7 Å². The van der Waals surface area contributed by atoms with Crippen molar-refractivity contribution in [3.63, 3.8) is 0 Å². The molecule has 2 aromatic carbocycles. The minimum Gasteiger partial charge on any atom is -0.497 e. The van der Waals surface area contributed by atoms with Crippen LogP contribution in [0.3, 0.4) is 0 Å². The summed E-state index contributed by atoms with van der Waals surface area (Å²) in [5, 5.41) is 9.99. The lowest BCUT2D eigenvalue weighted by Gasteiger charge is -2.07. The summed E-state index contributed by atoms with van der Waals surface area (Å²) in [7, 11) is 3.58. The fourth-order valence-corrected chi connectivity index (χ4v) is 3.23. The van der Waals surface area contributed by atoms with Crippen LogP contribution in [0.2, 0.25) is 5.02 Å². The minimum atomic E-state index is 0.575. The van der Waals surface area contributed by atoms with Gasteiger partial charge in [0, 0.05) is 18.4 Å². The van der Waals surface area contributed by atoms with Crippen LogP contribution in [0.25, 0.3) is 11.4 Å². The number of ether oxygens (including phenoxy) is 2. The quantitative estimate of drug-likeness (QED) is 0.454. The third-order valence-electron chi connectivity index (χ3n) is 3.59. The molecular weight excluding hydrogens is 358 g/mol. The minimum absolute atomic E-state index is 0.575. The average molecular weight is 376 g/mol. The van der Waals surface area contributed by atoms with Crippen LogP contribution < -0.4 is 9.47 Å². The first-order chi connectivity index (χ1) is 12.2. The monoisotopic (exact) mass is 375 g/mol. The topological polar surface area (TPSA) is 49.2 Å². The predicted molar refractivity (Wildman–Crippen MR) is 101 cm³/mol. The van der Waals surface area contributed by atoms with Crippen molar-refractivity contribution in [3.05, 3.63) is 53.6 Å². The molecule has 0 aliphatic heterocycles. The van der Waals surface area contributed by atoms with Gasteiger partial charge in [-0.25, -0.2) is 0 Å². The van der Waals surface area contributed by atoms with E-state index in [-0.39, 0.29) is 0 Å². The van der Waals surface area contributed by atoms with Crippen molar-refractivity contribution in [1.29, 1.82) is 0 Å². The van der Waals surface area contributed by atoms with Gasteiger partial charge < -0.3 is 14.0 Å². The van der Waals surface area contributed by atoms with Gasteiger partial charge in [0.1, 0.15) is 11.5 Å². The number of nitrogens with zero attached hydrogens (tertiary/aromatic N) is 3. The highest BCUT2D eigenvalue weighted by Crippen LogP contribution is 2.28. The van der Waals surface area contributed by atoms with Crippen LogP contribution in [0, 0.1) is 0 Å². The molecule has 130 valence electrons. The summed E-state index contributed by atoms with van der Waals surface area (Å²) in [6, 6.07) is 15.2. The Morgan fingerprint density at radius 1 is 1.04 bits per heavy atom. The highest BCUT2D eigenvalue weighted by atomic mass is 35.5. The van der Waals surface area contributed by atoms with Gasteiger partial charge in [-0.05, 0) is 36.4 Å². The number of aromatic nitrogens is 3. The third kappa shape index (κ3) is 4.27. The molecule has 0 saturated carbocycles. The van der Waals surface area contributed by atoms with Gasteiger partial charge in [0.15, 0.2) is 11.0 Å². The van der Waals surface area contributed by atoms with E-state index in [9.17, 15) is 0 Å². The van der Waals surface area contributed by atoms with Crippen LogP contribution in [-0.2, 0) is 7.05 Å². The molecule has 0 aliphatic carbocycles. The first kappa shape index (κ1) is 17.6. The Morgan fingerprint density at radius 3 is 2.48 bits per heavy atom. The Hall–Kier alpha value is -2.18. The second kappa shape index (κ2) is 8.27. The molecule has 0 spiro atoms. The lowest BCUT2D eigenvalue weighted by atomic mass is 10.2. The third-order valence-corrected chi connectivity index (χ3v) is 4.91. The molecule has 1 heterocycles. The Labute approximate surface area is 155 Å². The van der Waals surface area contributed by atoms with Gasteiger partial charge in [-0.3, -0.25) is 0 Å². The number of methoxy groups -OCH3 is 1. The first-order valence-corrected chi connectivity index (χ1v) is 9.09. The van der Waals surface area contributed by atoms with Gasteiger partial charge in [0.25, 0.3) is 0 Å². The molecule has 0 fully saturated rings. The maximum atomic E-state index is 6.24. The summed E-state index contributed by atoms with van der Waals surface area (Å²) < 4.78 is 12.8. The van der Waals surface area contributed by atoms with Crippen LogP contribution in [0.15, 0.2) is 53.7 Å². The molecule has 0 unspecified atom stereocenters. The van der Waals surface area contributed by atoms with Crippen molar-refractivity contribution in [2.24, 2.45) is 7.05 Å². The van der Waals surface area contributed by atoms with E-state index in [0.717, 1.165) is 33.8 Å². The van der Waals surface area contributed by atoms with Gasteiger partial charge in [-0.2, -0.15) is 0 Å². The van der Waals surface area contributed by atoms with E-state index in [1.165, 1.54) is 0 Å². The zero-order chi connectivity index (χ0) is 17.6. The molecule has 0 aliphatic rings. The van der Waals surface area contributed by atoms with Gasteiger partial charge in [-0.15, -0.1) is 10.2 Å². The standard InChI is InChI=1S/C18H18ClN3O2S/c1-22-17(15-5-3-4-6-16(15)19)20-21-18(22)25-12-11-24-14-9-7-13(23-2)8-10-14/h3-10H,11-12H2,1-2H3. The van der Waals surface area contributed by atoms with Crippen molar-refractivity contribution in [2.45, 2.75) is 5.16 Å². The van der Waals surface area contributed by atoms with Crippen molar-refractivity contribution in [2.75, 3.05) is 19.5 Å². The Morgan fingerprint density at radius 2 is 1.76 bits per heavy atom. The molecule has 0 radical (unpaired) electrons. The van der Waals surface area contributed by atoms with Crippen molar-refractivity contribution in [1.82, 2.24) is 14.8 Å². The van der Waals surface area contributed by atoms with E-state index >= 15 is 0 Å². The molecule has 0 amide bonds. The molecule has 1 aromatic heterocycles. The van der Waals surface area contributed by atoms with Gasteiger partial charge >= 0.3 is 0 Å². The van der Waals surface area contributed by atoms with Gasteiger partial charge in [-0.1, -0.05) is 35.5 Å². The Balaban J connectivity index is 1.56. The lowest BCUT2D eigenvalue weighted by molar-refractivity contribution is 0.342. The maximum Gasteiger partial charge on any atom is 0.191 e. The summed E-state index contributed by atoms with van der Waals surface area (Å²) in [6.45, 7) is 0.575. The zero-order valence-electron chi connectivity index (χ0n) is 14.0. The summed E-state index contributed by atoms with van der Waals surface area (Å²) in [4.78, 5) is 0. The summed E-state index contributed by atoms with van der Waals surface area (Å²) in [5.74, 6) is 3.15. The molecule has 5 nitrogen and oxygen atoms in total. The summed E-state index contributed by atoms with van der Waals surface area (Å²) in [6.07, 6.45) is 0. The van der Waals surface area contributed by atoms with E-state index in [0.29, 0.717) is 11.6 Å². The number of hydrogen-bond acceptors (Lipinski definition) is 5. The molecule has 0 saturated heterocycles. The fourth-order valence-electron chi connectivity index (χ4n) is 2.28. The number of thioether (sulfide) groups is 1. The van der Waals surface area contributed by atoms with E-state index in [1.54, 1.807) is 18.9 Å². The van der Waals surface area contributed by atoms with Crippen molar-refractivity contribution in [3.8, 4) is 22.9 Å². The van der Waals surface area contributed by atoms with Gasteiger partial charge in [0.2, 0.25) is 0 Å². The SMILES string of the molecule is COc1ccc(OCCSc2nnc(-c3ccccc3Cl)n2C)cc1. The number of rotatable bonds is 7. The smallest absolute Gasteiger partial charge is 0.191 e. The summed E-state index contributed by atoms with van der Waals surface area (Å²) in [5.41, 5.74) is 0.875. The number of halogens is 1. The molecule has 7 heteroatoms. The first-order valence-electron chi connectivity index (χ1n) is 7.73. The van der Waals surface area contributed by atoms with Crippen LogP contribution >= 0.6 is 23.4 Å².